The number of terminal acetylenes is 1. The van der Waals surface area contributed by atoms with Crippen molar-refractivity contribution in [2.24, 2.45) is 0 Å². The molecule has 0 heterocycles. The van der Waals surface area contributed by atoms with Gasteiger partial charge in [0.2, 0.25) is 0 Å². The van der Waals surface area contributed by atoms with Gasteiger partial charge in [0, 0.05) is 10.2 Å². The number of rotatable bonds is 1. The lowest BCUT2D eigenvalue weighted by molar-refractivity contribution is -0.111. The fraction of sp³-hybridized carbons (Fsp3) is 0. The van der Waals surface area contributed by atoms with E-state index in [4.69, 9.17) is 6.42 Å². The molecule has 0 radical (unpaired) electrons. The molecular weight excluding hydrogens is 218 g/mol. The van der Waals surface area contributed by atoms with E-state index in [1.54, 1.807) is 12.1 Å². The molecule has 0 bridgehead atoms. The van der Waals surface area contributed by atoms with Crippen LogP contribution in [-0.2, 0) is 4.79 Å². The van der Waals surface area contributed by atoms with Crippen LogP contribution in [0.25, 0.3) is 0 Å². The second-order valence-corrected chi connectivity index (χ2v) is 3.02. The molecule has 0 aliphatic heterocycles. The van der Waals surface area contributed by atoms with E-state index in [0.29, 0.717) is 5.69 Å². The number of hydrogen-bond acceptors (Lipinski definition) is 1. The van der Waals surface area contributed by atoms with Gasteiger partial charge in [-0.15, -0.1) is 6.42 Å². The van der Waals surface area contributed by atoms with Gasteiger partial charge in [-0.3, -0.25) is 4.79 Å². The molecule has 0 aromatic heterocycles. The number of hydrogen-bond donors (Lipinski definition) is 1. The summed E-state index contributed by atoms with van der Waals surface area (Å²) in [4.78, 5) is 10.7. The zero-order valence-electron chi connectivity index (χ0n) is 6.17. The van der Waals surface area contributed by atoms with Crippen LogP contribution in [0.1, 0.15) is 0 Å². The van der Waals surface area contributed by atoms with Crippen LogP contribution >= 0.6 is 15.9 Å². The van der Waals surface area contributed by atoms with E-state index in [9.17, 15) is 4.79 Å². The molecule has 2 nitrogen and oxygen atoms in total. The van der Waals surface area contributed by atoms with Gasteiger partial charge in [-0.2, -0.15) is 0 Å². The van der Waals surface area contributed by atoms with Gasteiger partial charge in [0.15, 0.2) is 0 Å². The van der Waals surface area contributed by atoms with E-state index in [1.165, 1.54) is 0 Å². The van der Waals surface area contributed by atoms with Crippen LogP contribution in [0, 0.1) is 12.3 Å². The molecule has 1 N–H and O–H groups in total. The SMILES string of the molecule is C#CC(=O)Nc1ccc(Br)cc1. The molecule has 0 atom stereocenters. The molecule has 1 rings (SSSR count). The lowest BCUT2D eigenvalue weighted by Gasteiger charge is -1.99. The Labute approximate surface area is 79.1 Å². The van der Waals surface area contributed by atoms with Gasteiger partial charge in [0.05, 0.1) is 0 Å². The van der Waals surface area contributed by atoms with E-state index in [-0.39, 0.29) is 0 Å². The van der Waals surface area contributed by atoms with E-state index in [1.807, 2.05) is 18.1 Å². The number of benzene rings is 1. The highest BCUT2D eigenvalue weighted by Gasteiger charge is 1.95. The van der Waals surface area contributed by atoms with E-state index < -0.39 is 5.91 Å². The fourth-order valence-corrected chi connectivity index (χ4v) is 0.965. The lowest BCUT2D eigenvalue weighted by atomic mass is 10.3. The van der Waals surface area contributed by atoms with Gasteiger partial charge in [-0.25, -0.2) is 0 Å². The van der Waals surface area contributed by atoms with Crippen molar-refractivity contribution >= 4 is 27.5 Å². The number of nitrogens with one attached hydrogen (secondary N) is 1. The molecule has 1 aromatic rings. The molecule has 60 valence electrons. The number of amides is 1. The first-order valence-corrected chi connectivity index (χ1v) is 4.05. The Morgan fingerprint density at radius 3 is 2.50 bits per heavy atom. The summed E-state index contributed by atoms with van der Waals surface area (Å²) in [7, 11) is 0. The number of anilines is 1. The quantitative estimate of drug-likeness (QED) is 0.726. The summed E-state index contributed by atoms with van der Waals surface area (Å²) in [5, 5.41) is 2.52. The summed E-state index contributed by atoms with van der Waals surface area (Å²) >= 11 is 3.28. The lowest BCUT2D eigenvalue weighted by Crippen LogP contribution is -2.07. The van der Waals surface area contributed by atoms with Gasteiger partial charge in [-0.05, 0) is 30.2 Å². The molecule has 0 saturated heterocycles. The number of carbonyl (C=O) groups excluding carboxylic acids is 1. The summed E-state index contributed by atoms with van der Waals surface area (Å²) in [6.07, 6.45) is 4.88. The van der Waals surface area contributed by atoms with Crippen LogP contribution in [0.4, 0.5) is 5.69 Å². The molecule has 0 aliphatic carbocycles. The Bertz CT molecular complexity index is 323. The monoisotopic (exact) mass is 223 g/mol. The third-order valence-corrected chi connectivity index (χ3v) is 1.76. The third-order valence-electron chi connectivity index (χ3n) is 1.23. The maximum Gasteiger partial charge on any atom is 0.300 e. The topological polar surface area (TPSA) is 29.1 Å². The van der Waals surface area contributed by atoms with Crippen LogP contribution in [0.5, 0.6) is 0 Å². The van der Waals surface area contributed by atoms with Gasteiger partial charge < -0.3 is 5.32 Å². The van der Waals surface area contributed by atoms with Gasteiger partial charge in [0.1, 0.15) is 0 Å². The Balaban J connectivity index is 2.73. The molecular formula is C9H6BrNO. The molecule has 0 spiro atoms. The second-order valence-electron chi connectivity index (χ2n) is 2.11. The fourth-order valence-electron chi connectivity index (χ4n) is 0.700. The van der Waals surface area contributed by atoms with Crippen molar-refractivity contribution in [1.29, 1.82) is 0 Å². The minimum Gasteiger partial charge on any atom is -0.315 e. The van der Waals surface area contributed by atoms with Crippen molar-refractivity contribution in [3.63, 3.8) is 0 Å². The van der Waals surface area contributed by atoms with Crippen molar-refractivity contribution in [2.45, 2.75) is 0 Å². The zero-order chi connectivity index (χ0) is 8.97. The predicted octanol–water partition coefficient (Wildman–Crippen LogP) is 2.02. The van der Waals surface area contributed by atoms with Crippen LogP contribution in [0.2, 0.25) is 0 Å². The summed E-state index contributed by atoms with van der Waals surface area (Å²) < 4.78 is 0.959. The molecule has 0 unspecified atom stereocenters. The molecule has 0 saturated carbocycles. The highest BCUT2D eigenvalue weighted by Crippen LogP contribution is 2.13. The maximum atomic E-state index is 10.7. The molecule has 3 heteroatoms. The first-order chi connectivity index (χ1) is 5.72. The first-order valence-electron chi connectivity index (χ1n) is 3.25. The zero-order valence-corrected chi connectivity index (χ0v) is 7.76. The summed E-state index contributed by atoms with van der Waals surface area (Å²) in [5.41, 5.74) is 0.696. The maximum absolute atomic E-state index is 10.7. The van der Waals surface area contributed by atoms with E-state index >= 15 is 0 Å². The Morgan fingerprint density at radius 2 is 2.00 bits per heavy atom. The van der Waals surface area contributed by atoms with E-state index in [2.05, 4.69) is 21.2 Å². The van der Waals surface area contributed by atoms with Gasteiger partial charge >= 0.3 is 0 Å². The molecule has 0 aliphatic rings. The van der Waals surface area contributed by atoms with Crippen LogP contribution in [0.15, 0.2) is 28.7 Å². The Hall–Kier alpha value is -1.27. The van der Waals surface area contributed by atoms with Crippen molar-refractivity contribution in [3.05, 3.63) is 28.7 Å². The molecule has 1 aromatic carbocycles. The second kappa shape index (κ2) is 3.93. The molecule has 0 fully saturated rings. The number of halogens is 1. The summed E-state index contributed by atoms with van der Waals surface area (Å²) in [6.45, 7) is 0. The minimum absolute atomic E-state index is 0.433. The smallest absolute Gasteiger partial charge is 0.300 e. The molecule has 12 heavy (non-hydrogen) atoms. The van der Waals surface area contributed by atoms with Crippen LogP contribution in [-0.4, -0.2) is 5.91 Å². The standard InChI is InChI=1S/C9H6BrNO/c1-2-9(12)11-8-5-3-7(10)4-6-8/h1,3-6H,(H,11,12). The van der Waals surface area contributed by atoms with Crippen LogP contribution < -0.4 is 5.32 Å². The molecule has 1 amide bonds. The van der Waals surface area contributed by atoms with Crippen molar-refractivity contribution in [2.75, 3.05) is 5.32 Å². The van der Waals surface area contributed by atoms with Gasteiger partial charge in [-0.1, -0.05) is 15.9 Å². The van der Waals surface area contributed by atoms with Crippen molar-refractivity contribution in [1.82, 2.24) is 0 Å². The number of carbonyl (C=O) groups is 1. The summed E-state index contributed by atoms with van der Waals surface area (Å²) in [6, 6.07) is 7.18. The predicted molar refractivity (Wildman–Crippen MR) is 51.6 cm³/mol. The third kappa shape index (κ3) is 2.40. The normalized spacial score (nSPS) is 8.67. The van der Waals surface area contributed by atoms with Crippen LogP contribution in [0.3, 0.4) is 0 Å². The van der Waals surface area contributed by atoms with Crippen molar-refractivity contribution < 1.29 is 4.79 Å². The highest BCUT2D eigenvalue weighted by atomic mass is 79.9. The average Bonchev–Trinajstić information content (AvgIpc) is 2.09. The largest absolute Gasteiger partial charge is 0.315 e. The summed E-state index contributed by atoms with van der Waals surface area (Å²) in [5.74, 6) is 1.53. The Morgan fingerprint density at radius 1 is 1.42 bits per heavy atom. The van der Waals surface area contributed by atoms with E-state index in [0.717, 1.165) is 4.47 Å². The average molecular weight is 224 g/mol. The Kier molecular flexibility index (Phi) is 2.89. The highest BCUT2D eigenvalue weighted by molar-refractivity contribution is 9.10. The minimum atomic E-state index is -0.433. The first kappa shape index (κ1) is 8.82. The van der Waals surface area contributed by atoms with Gasteiger partial charge in [0.25, 0.3) is 5.91 Å². The van der Waals surface area contributed by atoms with Crippen molar-refractivity contribution in [3.8, 4) is 12.3 Å².